The van der Waals surface area contributed by atoms with E-state index < -0.39 is 5.97 Å². The predicted octanol–water partition coefficient (Wildman–Crippen LogP) is 2.13. The van der Waals surface area contributed by atoms with Crippen LogP contribution in [0.4, 0.5) is 11.4 Å². The minimum absolute atomic E-state index is 0.163. The van der Waals surface area contributed by atoms with Crippen molar-refractivity contribution in [1.82, 2.24) is 0 Å². The van der Waals surface area contributed by atoms with Gasteiger partial charge in [-0.1, -0.05) is 6.07 Å². The van der Waals surface area contributed by atoms with Gasteiger partial charge < -0.3 is 16.2 Å². The minimum Gasteiger partial charge on any atom is -0.478 e. The highest BCUT2D eigenvalue weighted by atomic mass is 32.2. The molecular weight excluding hydrogens is 236 g/mol. The lowest BCUT2D eigenvalue weighted by Crippen LogP contribution is -2.15. The first-order valence-corrected chi connectivity index (χ1v) is 6.77. The van der Waals surface area contributed by atoms with Crippen LogP contribution < -0.4 is 11.1 Å². The van der Waals surface area contributed by atoms with Crippen molar-refractivity contribution >= 4 is 29.1 Å². The van der Waals surface area contributed by atoms with Crippen molar-refractivity contribution < 1.29 is 9.90 Å². The Morgan fingerprint density at radius 3 is 3.06 bits per heavy atom. The van der Waals surface area contributed by atoms with Crippen LogP contribution in [0, 0.1) is 5.92 Å². The number of nitrogens with two attached hydrogens (primary N) is 1. The molecule has 1 aliphatic heterocycles. The van der Waals surface area contributed by atoms with Gasteiger partial charge >= 0.3 is 5.97 Å². The largest absolute Gasteiger partial charge is 0.478 e. The van der Waals surface area contributed by atoms with Crippen molar-refractivity contribution in [3.05, 3.63) is 23.8 Å². The molecule has 2 rings (SSSR count). The molecule has 1 aliphatic rings. The van der Waals surface area contributed by atoms with Gasteiger partial charge in [0, 0.05) is 6.54 Å². The van der Waals surface area contributed by atoms with Gasteiger partial charge in [-0.3, -0.25) is 0 Å². The summed E-state index contributed by atoms with van der Waals surface area (Å²) < 4.78 is 0. The van der Waals surface area contributed by atoms with Crippen LogP contribution in [0.2, 0.25) is 0 Å². The Labute approximate surface area is 105 Å². The lowest BCUT2D eigenvalue weighted by molar-refractivity contribution is 0.0698. The number of hydrogen-bond donors (Lipinski definition) is 3. The number of carboxylic acids is 1. The summed E-state index contributed by atoms with van der Waals surface area (Å²) in [6.45, 7) is 0.861. The van der Waals surface area contributed by atoms with Crippen LogP contribution >= 0.6 is 11.8 Å². The third-order valence-electron chi connectivity index (χ3n) is 2.94. The van der Waals surface area contributed by atoms with Crippen molar-refractivity contribution in [2.45, 2.75) is 6.42 Å². The lowest BCUT2D eigenvalue weighted by atomic mass is 10.1. The summed E-state index contributed by atoms with van der Waals surface area (Å²) in [4.78, 5) is 10.9. The maximum Gasteiger partial charge on any atom is 0.337 e. The summed E-state index contributed by atoms with van der Waals surface area (Å²) in [6.07, 6.45) is 1.22. The molecular formula is C12H16N2O2S. The van der Waals surface area contributed by atoms with Crippen molar-refractivity contribution in [1.29, 1.82) is 0 Å². The zero-order valence-electron chi connectivity index (χ0n) is 9.48. The highest BCUT2D eigenvalue weighted by Crippen LogP contribution is 2.26. The van der Waals surface area contributed by atoms with Gasteiger partial charge in [-0.2, -0.15) is 11.8 Å². The molecule has 0 amide bonds. The summed E-state index contributed by atoms with van der Waals surface area (Å²) in [5.41, 5.74) is 7.03. The summed E-state index contributed by atoms with van der Waals surface area (Å²) in [5, 5.41) is 12.2. The summed E-state index contributed by atoms with van der Waals surface area (Å²) in [5.74, 6) is 2.07. The van der Waals surface area contributed by atoms with E-state index >= 15 is 0 Å². The van der Waals surface area contributed by atoms with Crippen LogP contribution in [0.3, 0.4) is 0 Å². The van der Waals surface area contributed by atoms with Gasteiger partial charge in [0.05, 0.1) is 16.9 Å². The Hall–Kier alpha value is -1.36. The Morgan fingerprint density at radius 1 is 1.59 bits per heavy atom. The molecule has 1 unspecified atom stereocenters. The second-order valence-electron chi connectivity index (χ2n) is 4.18. The molecule has 92 valence electrons. The molecule has 0 bridgehead atoms. The van der Waals surface area contributed by atoms with Crippen molar-refractivity contribution in [2.24, 2.45) is 5.92 Å². The number of benzene rings is 1. The first kappa shape index (κ1) is 12.1. The monoisotopic (exact) mass is 252 g/mol. The zero-order valence-corrected chi connectivity index (χ0v) is 10.3. The standard InChI is InChI=1S/C12H16N2O2S/c13-11-9(12(15)16)2-1-3-10(11)14-6-8-4-5-17-7-8/h1-3,8,14H,4-7,13H2,(H,15,16). The average Bonchev–Trinajstić information content (AvgIpc) is 2.80. The van der Waals surface area contributed by atoms with Crippen LogP contribution in [0.15, 0.2) is 18.2 Å². The lowest BCUT2D eigenvalue weighted by Gasteiger charge is -2.14. The smallest absolute Gasteiger partial charge is 0.337 e. The highest BCUT2D eigenvalue weighted by Gasteiger charge is 2.16. The Kier molecular flexibility index (Phi) is 3.78. The number of anilines is 2. The van der Waals surface area contributed by atoms with Crippen molar-refractivity contribution in [2.75, 3.05) is 29.1 Å². The molecule has 0 aliphatic carbocycles. The van der Waals surface area contributed by atoms with E-state index in [1.807, 2.05) is 17.8 Å². The van der Waals surface area contributed by atoms with Crippen LogP contribution in [0.5, 0.6) is 0 Å². The molecule has 4 N–H and O–H groups in total. The van der Waals surface area contributed by atoms with Gasteiger partial charge in [-0.25, -0.2) is 4.79 Å². The van der Waals surface area contributed by atoms with Gasteiger partial charge in [-0.05, 0) is 36.0 Å². The topological polar surface area (TPSA) is 75.3 Å². The maximum atomic E-state index is 10.9. The van der Waals surface area contributed by atoms with E-state index in [2.05, 4.69) is 5.32 Å². The van der Waals surface area contributed by atoms with E-state index in [-0.39, 0.29) is 5.56 Å². The molecule has 1 atom stereocenters. The van der Waals surface area contributed by atoms with Crippen LogP contribution in [0.25, 0.3) is 0 Å². The van der Waals surface area contributed by atoms with Crippen LogP contribution in [0.1, 0.15) is 16.8 Å². The number of carbonyl (C=O) groups is 1. The number of rotatable bonds is 4. The normalized spacial score (nSPS) is 19.2. The summed E-state index contributed by atoms with van der Waals surface area (Å²) in [6, 6.07) is 5.06. The van der Waals surface area contributed by atoms with E-state index in [1.165, 1.54) is 24.0 Å². The molecule has 1 aromatic carbocycles. The van der Waals surface area contributed by atoms with Gasteiger partial charge in [0.2, 0.25) is 0 Å². The number of carboxylic acid groups (broad SMARTS) is 1. The van der Waals surface area contributed by atoms with Gasteiger partial charge in [0.1, 0.15) is 0 Å². The highest BCUT2D eigenvalue weighted by molar-refractivity contribution is 7.99. The van der Waals surface area contributed by atoms with E-state index in [9.17, 15) is 4.79 Å². The Bertz CT molecular complexity index is 417. The second-order valence-corrected chi connectivity index (χ2v) is 5.33. The van der Waals surface area contributed by atoms with E-state index in [1.54, 1.807) is 6.07 Å². The van der Waals surface area contributed by atoms with Gasteiger partial charge in [0.25, 0.3) is 0 Å². The molecule has 0 aromatic heterocycles. The molecule has 4 nitrogen and oxygen atoms in total. The van der Waals surface area contributed by atoms with E-state index in [0.29, 0.717) is 11.6 Å². The van der Waals surface area contributed by atoms with Crippen LogP contribution in [-0.2, 0) is 0 Å². The summed E-state index contributed by atoms with van der Waals surface area (Å²) in [7, 11) is 0. The fourth-order valence-corrected chi connectivity index (χ4v) is 3.19. The van der Waals surface area contributed by atoms with Crippen molar-refractivity contribution in [3.8, 4) is 0 Å². The first-order valence-electron chi connectivity index (χ1n) is 5.62. The zero-order chi connectivity index (χ0) is 12.3. The number of aromatic carboxylic acids is 1. The SMILES string of the molecule is Nc1c(NCC2CCSC2)cccc1C(=O)O. The van der Waals surface area contributed by atoms with Gasteiger partial charge in [-0.15, -0.1) is 0 Å². The molecule has 1 heterocycles. The maximum absolute atomic E-state index is 10.9. The molecule has 0 saturated carbocycles. The number of nitrogen functional groups attached to an aromatic ring is 1. The molecule has 1 saturated heterocycles. The average molecular weight is 252 g/mol. The number of hydrogen-bond acceptors (Lipinski definition) is 4. The number of thioether (sulfide) groups is 1. The number of nitrogens with one attached hydrogen (secondary N) is 1. The molecule has 0 spiro atoms. The first-order chi connectivity index (χ1) is 8.18. The van der Waals surface area contributed by atoms with Crippen LogP contribution in [-0.4, -0.2) is 29.1 Å². The molecule has 17 heavy (non-hydrogen) atoms. The molecule has 5 heteroatoms. The quantitative estimate of drug-likeness (QED) is 0.716. The number of para-hydroxylation sites is 1. The fraction of sp³-hybridized carbons (Fsp3) is 0.417. The minimum atomic E-state index is -0.984. The molecule has 1 fully saturated rings. The third kappa shape index (κ3) is 2.85. The predicted molar refractivity (Wildman–Crippen MR) is 71.7 cm³/mol. The van der Waals surface area contributed by atoms with Crippen molar-refractivity contribution in [3.63, 3.8) is 0 Å². The Morgan fingerprint density at radius 2 is 2.41 bits per heavy atom. The third-order valence-corrected chi connectivity index (χ3v) is 4.17. The molecule has 0 radical (unpaired) electrons. The molecule has 1 aromatic rings. The van der Waals surface area contributed by atoms with Gasteiger partial charge in [0.15, 0.2) is 0 Å². The summed E-state index contributed by atoms with van der Waals surface area (Å²) >= 11 is 1.96. The Balaban J connectivity index is 2.04. The second kappa shape index (κ2) is 5.31. The van der Waals surface area contributed by atoms with E-state index in [0.717, 1.165) is 12.2 Å². The fourth-order valence-electron chi connectivity index (χ4n) is 1.90. The van der Waals surface area contributed by atoms with E-state index in [4.69, 9.17) is 10.8 Å².